The molecular weight excluding hydrogens is 320 g/mol. The summed E-state index contributed by atoms with van der Waals surface area (Å²) in [7, 11) is 1.62. The van der Waals surface area contributed by atoms with Crippen LogP contribution in [0.1, 0.15) is 29.0 Å². The van der Waals surface area contributed by atoms with Crippen LogP contribution in [0, 0.1) is 6.92 Å². The van der Waals surface area contributed by atoms with Crippen molar-refractivity contribution in [3.05, 3.63) is 40.6 Å². The van der Waals surface area contributed by atoms with Crippen LogP contribution in [0.3, 0.4) is 0 Å². The third-order valence-corrected chi connectivity index (χ3v) is 3.77. The normalized spacial score (nSPS) is 10.6. The highest BCUT2D eigenvalue weighted by molar-refractivity contribution is 6.33. The Morgan fingerprint density at radius 3 is 2.70 bits per heavy atom. The molecule has 0 saturated carbocycles. The minimum Gasteiger partial charge on any atom is -0.481 e. The molecule has 1 heterocycles. The number of carboxylic acid groups (broad SMARTS) is 1. The number of carboxylic acids is 1. The Hall–Kier alpha value is -2.34. The van der Waals surface area contributed by atoms with Crippen molar-refractivity contribution in [2.45, 2.75) is 19.8 Å². The summed E-state index contributed by atoms with van der Waals surface area (Å²) in [5.41, 5.74) is 1.35. The van der Waals surface area contributed by atoms with E-state index in [0.717, 1.165) is 0 Å². The molecule has 1 N–H and O–H groups in total. The topological polar surface area (TPSA) is 83.6 Å². The molecule has 0 radical (unpaired) electrons. The fourth-order valence-electron chi connectivity index (χ4n) is 2.22. The average Bonchev–Trinajstić information content (AvgIpc) is 2.88. The first-order valence-corrected chi connectivity index (χ1v) is 7.48. The van der Waals surface area contributed by atoms with Crippen molar-refractivity contribution < 1.29 is 19.2 Å². The van der Waals surface area contributed by atoms with E-state index in [9.17, 15) is 9.59 Å². The Morgan fingerprint density at radius 1 is 1.35 bits per heavy atom. The van der Waals surface area contributed by atoms with Crippen molar-refractivity contribution in [1.82, 2.24) is 10.1 Å². The number of nitrogens with zero attached hydrogens (tertiary/aromatic N) is 2. The summed E-state index contributed by atoms with van der Waals surface area (Å²) >= 11 is 6.17. The van der Waals surface area contributed by atoms with E-state index in [1.807, 2.05) is 0 Å². The van der Waals surface area contributed by atoms with Gasteiger partial charge in [-0.2, -0.15) is 0 Å². The molecule has 0 spiro atoms. The Bertz CT molecular complexity index is 727. The summed E-state index contributed by atoms with van der Waals surface area (Å²) in [4.78, 5) is 24.7. The molecule has 1 aromatic heterocycles. The van der Waals surface area contributed by atoms with E-state index < -0.39 is 5.97 Å². The van der Waals surface area contributed by atoms with E-state index in [0.29, 0.717) is 40.6 Å². The number of hydrogen-bond donors (Lipinski definition) is 1. The molecule has 0 fully saturated rings. The van der Waals surface area contributed by atoms with Gasteiger partial charge in [-0.25, -0.2) is 0 Å². The quantitative estimate of drug-likeness (QED) is 0.875. The summed E-state index contributed by atoms with van der Waals surface area (Å²) in [5.74, 6) is -0.761. The van der Waals surface area contributed by atoms with Gasteiger partial charge in [-0.05, 0) is 19.4 Å². The fraction of sp³-hybridized carbons (Fsp3) is 0.312. The van der Waals surface area contributed by atoms with E-state index in [1.54, 1.807) is 38.2 Å². The predicted octanol–water partition coefficient (Wildman–Crippen LogP) is 3.24. The molecule has 6 nitrogen and oxygen atoms in total. The first kappa shape index (κ1) is 17.0. The van der Waals surface area contributed by atoms with Crippen molar-refractivity contribution in [2.24, 2.45) is 0 Å². The van der Waals surface area contributed by atoms with Crippen LogP contribution in [0.5, 0.6) is 0 Å². The zero-order valence-corrected chi connectivity index (χ0v) is 13.6. The van der Waals surface area contributed by atoms with E-state index in [-0.39, 0.29) is 12.3 Å². The molecule has 0 aliphatic heterocycles. The summed E-state index contributed by atoms with van der Waals surface area (Å²) in [6.45, 7) is 1.99. The van der Waals surface area contributed by atoms with Crippen LogP contribution in [0.4, 0.5) is 0 Å². The Morgan fingerprint density at radius 2 is 2.04 bits per heavy atom. The zero-order chi connectivity index (χ0) is 17.0. The van der Waals surface area contributed by atoms with Gasteiger partial charge >= 0.3 is 5.97 Å². The summed E-state index contributed by atoms with van der Waals surface area (Å²) in [6.07, 6.45) is 0.390. The first-order valence-electron chi connectivity index (χ1n) is 7.10. The zero-order valence-electron chi connectivity index (χ0n) is 12.9. The third-order valence-electron chi connectivity index (χ3n) is 3.44. The molecule has 0 aliphatic carbocycles. The number of hydrogen-bond acceptors (Lipinski definition) is 4. The van der Waals surface area contributed by atoms with Crippen molar-refractivity contribution in [1.29, 1.82) is 0 Å². The van der Waals surface area contributed by atoms with Crippen molar-refractivity contribution in [3.8, 4) is 11.3 Å². The van der Waals surface area contributed by atoms with Crippen LogP contribution in [0.2, 0.25) is 5.02 Å². The van der Waals surface area contributed by atoms with Crippen LogP contribution in [-0.2, 0) is 4.79 Å². The number of halogens is 1. The maximum Gasteiger partial charge on any atom is 0.303 e. The number of amides is 1. The molecule has 23 heavy (non-hydrogen) atoms. The third kappa shape index (κ3) is 3.90. The lowest BCUT2D eigenvalue weighted by molar-refractivity contribution is -0.137. The number of rotatable bonds is 6. The van der Waals surface area contributed by atoms with Crippen LogP contribution in [0.15, 0.2) is 28.8 Å². The van der Waals surface area contributed by atoms with Gasteiger partial charge in [0, 0.05) is 25.6 Å². The number of aryl methyl sites for hydroxylation is 1. The molecule has 0 atom stereocenters. The molecule has 122 valence electrons. The molecule has 0 saturated heterocycles. The molecule has 7 heteroatoms. The van der Waals surface area contributed by atoms with Crippen LogP contribution in [-0.4, -0.2) is 40.6 Å². The van der Waals surface area contributed by atoms with Gasteiger partial charge < -0.3 is 14.5 Å². The minimum atomic E-state index is -0.885. The van der Waals surface area contributed by atoms with E-state index in [2.05, 4.69) is 5.16 Å². The highest BCUT2D eigenvalue weighted by Crippen LogP contribution is 2.31. The monoisotopic (exact) mass is 336 g/mol. The van der Waals surface area contributed by atoms with Crippen LogP contribution >= 0.6 is 11.6 Å². The lowest BCUT2D eigenvalue weighted by atomic mass is 10.1. The number of aromatic nitrogens is 1. The second-order valence-corrected chi connectivity index (χ2v) is 5.57. The maximum atomic E-state index is 12.6. The van der Waals surface area contributed by atoms with Crippen LogP contribution < -0.4 is 0 Å². The fourth-order valence-corrected chi connectivity index (χ4v) is 2.45. The van der Waals surface area contributed by atoms with Gasteiger partial charge in [0.25, 0.3) is 5.91 Å². The van der Waals surface area contributed by atoms with Crippen molar-refractivity contribution in [2.75, 3.05) is 13.6 Å². The summed E-state index contributed by atoms with van der Waals surface area (Å²) < 4.78 is 5.17. The van der Waals surface area contributed by atoms with Gasteiger partial charge in [0.05, 0.1) is 5.02 Å². The van der Waals surface area contributed by atoms with Gasteiger partial charge in [0.2, 0.25) is 0 Å². The maximum absolute atomic E-state index is 12.6. The first-order chi connectivity index (χ1) is 10.9. The van der Waals surface area contributed by atoms with Crippen LogP contribution in [0.25, 0.3) is 11.3 Å². The van der Waals surface area contributed by atoms with Crippen molar-refractivity contribution >= 4 is 23.5 Å². The van der Waals surface area contributed by atoms with E-state index in [4.69, 9.17) is 21.2 Å². The molecular formula is C16H17ClN2O4. The van der Waals surface area contributed by atoms with Crippen molar-refractivity contribution in [3.63, 3.8) is 0 Å². The largest absolute Gasteiger partial charge is 0.481 e. The van der Waals surface area contributed by atoms with Gasteiger partial charge in [-0.15, -0.1) is 0 Å². The summed E-state index contributed by atoms with van der Waals surface area (Å²) in [6, 6.07) is 7.07. The molecule has 1 aromatic carbocycles. The molecule has 0 bridgehead atoms. The average molecular weight is 337 g/mol. The smallest absolute Gasteiger partial charge is 0.303 e. The van der Waals surface area contributed by atoms with Gasteiger partial charge in [-0.3, -0.25) is 9.59 Å². The lowest BCUT2D eigenvalue weighted by Gasteiger charge is -2.16. The number of carbonyl (C=O) groups excluding carboxylic acids is 1. The molecule has 2 aromatic rings. The number of aliphatic carboxylic acids is 1. The highest BCUT2D eigenvalue weighted by Gasteiger charge is 2.25. The molecule has 0 unspecified atom stereocenters. The number of carbonyl (C=O) groups is 2. The van der Waals surface area contributed by atoms with Gasteiger partial charge in [0.1, 0.15) is 17.0 Å². The Kier molecular flexibility index (Phi) is 5.39. The van der Waals surface area contributed by atoms with Gasteiger partial charge in [-0.1, -0.05) is 35.0 Å². The highest BCUT2D eigenvalue weighted by atomic mass is 35.5. The minimum absolute atomic E-state index is 0.0115. The predicted molar refractivity (Wildman–Crippen MR) is 85.5 cm³/mol. The second kappa shape index (κ2) is 7.28. The molecule has 0 aliphatic rings. The Balaban J connectivity index is 2.26. The second-order valence-electron chi connectivity index (χ2n) is 5.17. The van der Waals surface area contributed by atoms with Gasteiger partial charge in [0.15, 0.2) is 0 Å². The standard InChI is InChI=1S/C16H17ClN2O4/c1-10-14(16(22)19(2)9-5-8-13(20)21)15(18-23-10)11-6-3-4-7-12(11)17/h3-4,6-7H,5,8-9H2,1-2H3,(H,20,21). The number of benzene rings is 1. The molecule has 1 amide bonds. The SMILES string of the molecule is Cc1onc(-c2ccccc2Cl)c1C(=O)N(C)CCCC(=O)O. The Labute approximate surface area is 138 Å². The lowest BCUT2D eigenvalue weighted by Crippen LogP contribution is -2.28. The molecule has 2 rings (SSSR count). The van der Waals surface area contributed by atoms with E-state index >= 15 is 0 Å². The summed E-state index contributed by atoms with van der Waals surface area (Å²) in [5, 5.41) is 13.1. The van der Waals surface area contributed by atoms with E-state index in [1.165, 1.54) is 4.90 Å².